The zero-order valence-electron chi connectivity index (χ0n) is 21.3. The van der Waals surface area contributed by atoms with Gasteiger partial charge in [0.15, 0.2) is 5.69 Å². The van der Waals surface area contributed by atoms with Gasteiger partial charge in [0.1, 0.15) is 18.1 Å². The monoisotopic (exact) mass is 580 g/mol. The highest BCUT2D eigenvalue weighted by Gasteiger charge is 2.39. The molecule has 5 rings (SSSR count). The SMILES string of the molecule is CN(C(=O)c1cccc(-n2nc(C(F)(F)F)c(Cl)c2COc2ccc(C(=O)O)cc2)c1)c1ccc2ncccc2c1. The van der Waals surface area contributed by atoms with Gasteiger partial charge in [-0.3, -0.25) is 9.78 Å². The highest BCUT2D eigenvalue weighted by Crippen LogP contribution is 2.37. The Labute approximate surface area is 236 Å². The van der Waals surface area contributed by atoms with Crippen molar-refractivity contribution in [1.29, 1.82) is 0 Å². The Kier molecular flexibility index (Phi) is 7.38. The molecule has 0 spiro atoms. The third kappa shape index (κ3) is 5.71. The van der Waals surface area contributed by atoms with Crippen molar-refractivity contribution >= 4 is 40.1 Å². The first-order valence-electron chi connectivity index (χ1n) is 12.1. The van der Waals surface area contributed by atoms with Crippen molar-refractivity contribution in [3.05, 3.63) is 113 Å². The Hall–Kier alpha value is -4.90. The molecule has 8 nitrogen and oxygen atoms in total. The minimum Gasteiger partial charge on any atom is -0.487 e. The topological polar surface area (TPSA) is 97.6 Å². The van der Waals surface area contributed by atoms with Gasteiger partial charge in [0.05, 0.1) is 21.8 Å². The first-order chi connectivity index (χ1) is 19.5. The van der Waals surface area contributed by atoms with Crippen molar-refractivity contribution in [2.75, 3.05) is 11.9 Å². The number of aromatic carboxylic acids is 1. The van der Waals surface area contributed by atoms with Crippen molar-refractivity contribution in [3.63, 3.8) is 0 Å². The normalized spacial score (nSPS) is 11.4. The summed E-state index contributed by atoms with van der Waals surface area (Å²) in [5.41, 5.74) is 0.329. The van der Waals surface area contributed by atoms with Gasteiger partial charge >= 0.3 is 12.1 Å². The molecule has 2 heterocycles. The zero-order chi connectivity index (χ0) is 29.3. The Morgan fingerprint density at radius 3 is 2.46 bits per heavy atom. The van der Waals surface area contributed by atoms with Crippen LogP contribution in [0, 0.1) is 0 Å². The fourth-order valence-corrected chi connectivity index (χ4v) is 4.43. The van der Waals surface area contributed by atoms with Crippen molar-refractivity contribution < 1.29 is 32.6 Å². The number of pyridine rings is 1. The molecule has 1 amide bonds. The quantitative estimate of drug-likeness (QED) is 0.232. The number of halogens is 4. The zero-order valence-corrected chi connectivity index (χ0v) is 22.0. The average Bonchev–Trinajstić information content (AvgIpc) is 3.31. The predicted octanol–water partition coefficient (Wildman–Crippen LogP) is 6.65. The predicted molar refractivity (Wildman–Crippen MR) is 146 cm³/mol. The summed E-state index contributed by atoms with van der Waals surface area (Å²) in [6.07, 6.45) is -3.18. The number of ether oxygens (including phenoxy) is 1. The lowest BCUT2D eigenvalue weighted by molar-refractivity contribution is -0.141. The Morgan fingerprint density at radius 1 is 1.00 bits per heavy atom. The minimum absolute atomic E-state index is 0.0200. The number of nitrogens with zero attached hydrogens (tertiary/aromatic N) is 4. The van der Waals surface area contributed by atoms with Gasteiger partial charge < -0.3 is 14.7 Å². The highest BCUT2D eigenvalue weighted by atomic mass is 35.5. The summed E-state index contributed by atoms with van der Waals surface area (Å²) in [5, 5.41) is 13.0. The van der Waals surface area contributed by atoms with Crippen LogP contribution < -0.4 is 9.64 Å². The molecule has 0 aliphatic rings. The van der Waals surface area contributed by atoms with E-state index in [0.29, 0.717) is 5.69 Å². The largest absolute Gasteiger partial charge is 0.487 e. The van der Waals surface area contributed by atoms with Gasteiger partial charge in [-0.1, -0.05) is 23.7 Å². The van der Waals surface area contributed by atoms with E-state index in [1.807, 2.05) is 12.1 Å². The van der Waals surface area contributed by atoms with E-state index in [1.54, 1.807) is 37.5 Å². The molecule has 41 heavy (non-hydrogen) atoms. The molecule has 0 saturated heterocycles. The van der Waals surface area contributed by atoms with Crippen LogP contribution >= 0.6 is 11.6 Å². The first-order valence-corrected chi connectivity index (χ1v) is 12.4. The molecule has 0 saturated carbocycles. The molecular weight excluding hydrogens is 561 g/mol. The van der Waals surface area contributed by atoms with Crippen LogP contribution in [0.2, 0.25) is 5.02 Å². The van der Waals surface area contributed by atoms with Gasteiger partial charge in [0.2, 0.25) is 0 Å². The van der Waals surface area contributed by atoms with E-state index in [9.17, 15) is 22.8 Å². The van der Waals surface area contributed by atoms with Gasteiger partial charge in [-0.15, -0.1) is 0 Å². The molecule has 12 heteroatoms. The number of rotatable bonds is 7. The second-order valence-electron chi connectivity index (χ2n) is 8.93. The van der Waals surface area contributed by atoms with E-state index < -0.39 is 35.4 Å². The summed E-state index contributed by atoms with van der Waals surface area (Å²) in [5.74, 6) is -1.32. The van der Waals surface area contributed by atoms with Gasteiger partial charge in [-0.05, 0) is 66.7 Å². The van der Waals surface area contributed by atoms with Crippen molar-refractivity contribution in [1.82, 2.24) is 14.8 Å². The number of aromatic nitrogens is 3. The van der Waals surface area contributed by atoms with E-state index in [2.05, 4.69) is 10.1 Å². The van der Waals surface area contributed by atoms with Gasteiger partial charge in [0, 0.05) is 29.9 Å². The molecule has 2 aromatic heterocycles. The average molecular weight is 581 g/mol. The second kappa shape index (κ2) is 10.9. The van der Waals surface area contributed by atoms with Crippen LogP contribution in [0.15, 0.2) is 85.1 Å². The van der Waals surface area contributed by atoms with E-state index in [0.717, 1.165) is 15.6 Å². The number of carboxylic acid groups (broad SMARTS) is 1. The lowest BCUT2D eigenvalue weighted by atomic mass is 10.1. The minimum atomic E-state index is -4.85. The maximum absolute atomic E-state index is 13.7. The number of carboxylic acids is 1. The smallest absolute Gasteiger partial charge is 0.436 e. The Bertz CT molecular complexity index is 1770. The van der Waals surface area contributed by atoms with Crippen LogP contribution in [0.25, 0.3) is 16.6 Å². The number of alkyl halides is 3. The van der Waals surface area contributed by atoms with Crippen molar-refractivity contribution in [3.8, 4) is 11.4 Å². The number of hydrogen-bond donors (Lipinski definition) is 1. The number of carbonyl (C=O) groups is 2. The number of fused-ring (bicyclic) bond motifs is 1. The van der Waals surface area contributed by atoms with Crippen molar-refractivity contribution in [2.45, 2.75) is 12.8 Å². The lowest BCUT2D eigenvalue weighted by Crippen LogP contribution is -2.26. The van der Waals surface area contributed by atoms with Gasteiger partial charge in [-0.25, -0.2) is 9.48 Å². The summed E-state index contributed by atoms with van der Waals surface area (Å²) in [7, 11) is 1.59. The molecule has 5 aromatic rings. The number of anilines is 1. The number of benzene rings is 3. The van der Waals surface area contributed by atoms with Crippen LogP contribution in [-0.2, 0) is 12.8 Å². The fourth-order valence-electron chi connectivity index (χ4n) is 4.15. The van der Waals surface area contributed by atoms with E-state index in [4.69, 9.17) is 21.4 Å². The molecule has 0 fully saturated rings. The molecule has 0 radical (unpaired) electrons. The van der Waals surface area contributed by atoms with Crippen LogP contribution in [0.5, 0.6) is 5.75 Å². The van der Waals surface area contributed by atoms with E-state index >= 15 is 0 Å². The summed E-state index contributed by atoms with van der Waals surface area (Å²) < 4.78 is 47.8. The third-order valence-corrected chi connectivity index (χ3v) is 6.68. The molecule has 3 aromatic carbocycles. The molecule has 0 bridgehead atoms. The Morgan fingerprint density at radius 2 is 1.76 bits per heavy atom. The number of carbonyl (C=O) groups excluding carboxylic acids is 1. The van der Waals surface area contributed by atoms with E-state index in [1.165, 1.54) is 47.4 Å². The fraction of sp³-hybridized carbons (Fsp3) is 0.103. The Balaban J connectivity index is 1.47. The molecule has 0 aliphatic heterocycles. The third-order valence-electron chi connectivity index (χ3n) is 6.28. The lowest BCUT2D eigenvalue weighted by Gasteiger charge is -2.18. The molecule has 0 unspecified atom stereocenters. The summed E-state index contributed by atoms with van der Waals surface area (Å²) in [6.45, 7) is -0.419. The second-order valence-corrected chi connectivity index (χ2v) is 9.31. The molecule has 208 valence electrons. The van der Waals surface area contributed by atoms with Gasteiger partial charge in [0.25, 0.3) is 5.91 Å². The van der Waals surface area contributed by atoms with Crippen LogP contribution in [0.4, 0.5) is 18.9 Å². The molecule has 0 atom stereocenters. The number of amides is 1. The number of hydrogen-bond acceptors (Lipinski definition) is 5. The van der Waals surface area contributed by atoms with E-state index in [-0.39, 0.29) is 28.3 Å². The standard InChI is InChI=1S/C29H20ClF3N4O4/c1-36(20-9-12-23-18(14-20)5-3-13-34-23)27(38)19-4-2-6-21(15-19)37-24(25(30)26(35-37)29(31,32)33)16-41-22-10-7-17(8-11-22)28(39)40/h2-15H,16H2,1H3,(H,39,40). The summed E-state index contributed by atoms with van der Waals surface area (Å²) >= 11 is 6.14. The maximum Gasteiger partial charge on any atom is 0.436 e. The molecule has 0 aliphatic carbocycles. The highest BCUT2D eigenvalue weighted by molar-refractivity contribution is 6.32. The van der Waals surface area contributed by atoms with Crippen LogP contribution in [-0.4, -0.2) is 38.8 Å². The van der Waals surface area contributed by atoms with Crippen LogP contribution in [0.3, 0.4) is 0 Å². The first kappa shape index (κ1) is 27.7. The maximum atomic E-state index is 13.7. The summed E-state index contributed by atoms with van der Waals surface area (Å²) in [6, 6.07) is 20.3. The molecule has 1 N–H and O–H groups in total. The van der Waals surface area contributed by atoms with Crippen LogP contribution in [0.1, 0.15) is 32.1 Å². The van der Waals surface area contributed by atoms with Gasteiger partial charge in [-0.2, -0.15) is 18.3 Å². The van der Waals surface area contributed by atoms with Crippen molar-refractivity contribution in [2.24, 2.45) is 0 Å². The molecular formula is C29H20ClF3N4O4. The summed E-state index contributed by atoms with van der Waals surface area (Å²) in [4.78, 5) is 30.2.